The Balaban J connectivity index is 1.04. The summed E-state index contributed by atoms with van der Waals surface area (Å²) in [6.45, 7) is 0. The molecule has 0 amide bonds. The van der Waals surface area contributed by atoms with Gasteiger partial charge in [-0.1, -0.05) is 115 Å². The molecule has 0 unspecified atom stereocenters. The van der Waals surface area contributed by atoms with Crippen molar-refractivity contribution in [3.05, 3.63) is 176 Å². The predicted octanol–water partition coefficient (Wildman–Crippen LogP) is 13.9. The molecule has 5 heteroatoms. The van der Waals surface area contributed by atoms with E-state index in [4.69, 9.17) is 0 Å². The van der Waals surface area contributed by atoms with Crippen LogP contribution in [0.5, 0.6) is 0 Å². The van der Waals surface area contributed by atoms with Gasteiger partial charge in [0.1, 0.15) is 0 Å². The Labute approximate surface area is 314 Å². The average molecular weight is 712 g/mol. The third kappa shape index (κ3) is 4.26. The van der Waals surface area contributed by atoms with E-state index in [0.29, 0.717) is 0 Å². The van der Waals surface area contributed by atoms with Gasteiger partial charge >= 0.3 is 0 Å². The summed E-state index contributed by atoms with van der Waals surface area (Å²) in [7, 11) is 0. The van der Waals surface area contributed by atoms with Crippen LogP contribution in [0.15, 0.2) is 196 Å². The molecule has 4 heterocycles. The highest BCUT2D eigenvalue weighted by Gasteiger charge is 2.33. The average Bonchev–Trinajstić information content (AvgIpc) is 3.73. The van der Waals surface area contributed by atoms with Crippen molar-refractivity contribution in [2.24, 2.45) is 0 Å². The van der Waals surface area contributed by atoms with E-state index in [1.165, 1.54) is 103 Å². The zero-order valence-electron chi connectivity index (χ0n) is 28.4. The van der Waals surface area contributed by atoms with Gasteiger partial charge in [-0.2, -0.15) is 0 Å². The second-order valence-corrected chi connectivity index (χ2v) is 15.9. The maximum atomic E-state index is 2.47. The zero-order valence-corrected chi connectivity index (χ0v) is 30.0. The standard InChI is InChI=1S/C48H29N3S2/c1-2-12-32(13-3-1)49-38-16-6-4-14-34(38)36-26-30(22-24-40(36)49)31-23-25-41-37(27-31)35-15-5-7-17-39(35)50(41)33-28-46-48-47(29-33)53-45-21-11-9-19-43(45)51(48)42-18-8-10-20-44(42)52-46/h1-29H. The Bertz CT molecular complexity index is 3070. The van der Waals surface area contributed by atoms with Crippen LogP contribution in [0.1, 0.15) is 0 Å². The van der Waals surface area contributed by atoms with Crippen LogP contribution in [-0.4, -0.2) is 9.13 Å². The molecule has 248 valence electrons. The maximum Gasteiger partial charge on any atom is 0.0743 e. The lowest BCUT2D eigenvalue weighted by Crippen LogP contribution is -2.19. The van der Waals surface area contributed by atoms with E-state index in [1.807, 2.05) is 23.5 Å². The molecule has 12 rings (SSSR count). The minimum atomic E-state index is 1.18. The maximum absolute atomic E-state index is 2.47. The molecule has 0 bridgehead atoms. The van der Waals surface area contributed by atoms with Crippen molar-refractivity contribution < 1.29 is 0 Å². The first-order valence-corrected chi connectivity index (χ1v) is 19.6. The first-order chi connectivity index (χ1) is 26.3. The molecule has 2 aliphatic rings. The van der Waals surface area contributed by atoms with Gasteiger partial charge < -0.3 is 14.0 Å². The van der Waals surface area contributed by atoms with Crippen molar-refractivity contribution in [3.63, 3.8) is 0 Å². The first-order valence-electron chi connectivity index (χ1n) is 17.9. The number of rotatable bonds is 3. The summed E-state index contributed by atoms with van der Waals surface area (Å²) in [6.07, 6.45) is 0. The van der Waals surface area contributed by atoms with Crippen LogP contribution in [0.25, 0.3) is 66.1 Å². The van der Waals surface area contributed by atoms with Gasteiger partial charge in [0, 0.05) is 52.5 Å². The summed E-state index contributed by atoms with van der Waals surface area (Å²) in [6, 6.07) is 64.6. The van der Waals surface area contributed by atoms with Gasteiger partial charge in [-0.05, 0) is 96.1 Å². The molecule has 0 atom stereocenters. The number of para-hydroxylation sites is 5. The van der Waals surface area contributed by atoms with Crippen molar-refractivity contribution in [2.75, 3.05) is 4.90 Å². The SMILES string of the molecule is c1ccc(-n2c3ccccc3c3cc(-c4ccc5c(c4)c4ccccc4n5-c4cc5c6c(c4)Sc4ccccc4N6c4ccccc4S5)ccc32)cc1. The van der Waals surface area contributed by atoms with E-state index in [-0.39, 0.29) is 0 Å². The van der Waals surface area contributed by atoms with E-state index in [2.05, 4.69) is 190 Å². The lowest BCUT2D eigenvalue weighted by molar-refractivity contribution is 1.06. The van der Waals surface area contributed by atoms with Crippen LogP contribution in [0, 0.1) is 0 Å². The number of aromatic nitrogens is 2. The molecule has 0 aliphatic carbocycles. The Morgan fingerprint density at radius 2 is 0.774 bits per heavy atom. The zero-order chi connectivity index (χ0) is 34.6. The van der Waals surface area contributed by atoms with Crippen LogP contribution >= 0.6 is 23.5 Å². The highest BCUT2D eigenvalue weighted by Crippen LogP contribution is 2.60. The molecule has 0 spiro atoms. The molecule has 2 aromatic heterocycles. The molecule has 0 saturated heterocycles. The number of benzene rings is 8. The highest BCUT2D eigenvalue weighted by atomic mass is 32.2. The van der Waals surface area contributed by atoms with Gasteiger partial charge in [-0.3, -0.25) is 0 Å². The molecule has 2 aliphatic heterocycles. The predicted molar refractivity (Wildman–Crippen MR) is 223 cm³/mol. The van der Waals surface area contributed by atoms with E-state index in [1.54, 1.807) is 0 Å². The molecule has 3 nitrogen and oxygen atoms in total. The van der Waals surface area contributed by atoms with Crippen LogP contribution in [0.3, 0.4) is 0 Å². The van der Waals surface area contributed by atoms with E-state index < -0.39 is 0 Å². The largest absolute Gasteiger partial charge is 0.309 e. The second kappa shape index (κ2) is 11.2. The fraction of sp³-hybridized carbons (Fsp3) is 0. The monoisotopic (exact) mass is 711 g/mol. The summed E-state index contributed by atoms with van der Waals surface area (Å²) < 4.78 is 4.85. The first kappa shape index (κ1) is 29.4. The Morgan fingerprint density at radius 1 is 0.321 bits per heavy atom. The van der Waals surface area contributed by atoms with E-state index in [9.17, 15) is 0 Å². The van der Waals surface area contributed by atoms with Crippen LogP contribution in [0.2, 0.25) is 0 Å². The van der Waals surface area contributed by atoms with Gasteiger partial charge in [0.25, 0.3) is 0 Å². The van der Waals surface area contributed by atoms with Crippen LogP contribution in [-0.2, 0) is 0 Å². The fourth-order valence-corrected chi connectivity index (χ4v) is 10.9. The number of hydrogen-bond acceptors (Lipinski definition) is 3. The number of nitrogens with zero attached hydrogens (tertiary/aromatic N) is 3. The lowest BCUT2D eigenvalue weighted by atomic mass is 10.0. The molecule has 0 saturated carbocycles. The quantitative estimate of drug-likeness (QED) is 0.181. The smallest absolute Gasteiger partial charge is 0.0743 e. The van der Waals surface area contributed by atoms with E-state index >= 15 is 0 Å². The molecule has 8 aromatic carbocycles. The van der Waals surface area contributed by atoms with Gasteiger partial charge in [-0.15, -0.1) is 0 Å². The topological polar surface area (TPSA) is 13.1 Å². The fourth-order valence-electron chi connectivity index (χ4n) is 8.58. The minimum Gasteiger partial charge on any atom is -0.309 e. The van der Waals surface area contributed by atoms with Crippen molar-refractivity contribution in [2.45, 2.75) is 19.6 Å². The lowest BCUT2D eigenvalue weighted by Gasteiger charge is -2.38. The summed E-state index contributed by atoms with van der Waals surface area (Å²) in [5.74, 6) is 0. The van der Waals surface area contributed by atoms with Gasteiger partial charge in [-0.25, -0.2) is 0 Å². The molecule has 53 heavy (non-hydrogen) atoms. The summed E-state index contributed by atoms with van der Waals surface area (Å²) in [5, 5.41) is 5.05. The molecular formula is C48H29N3S2. The van der Waals surface area contributed by atoms with Crippen molar-refractivity contribution in [3.8, 4) is 22.5 Å². The summed E-state index contributed by atoms with van der Waals surface area (Å²) >= 11 is 3.76. The normalized spacial score (nSPS) is 13.1. The van der Waals surface area contributed by atoms with Gasteiger partial charge in [0.2, 0.25) is 0 Å². The van der Waals surface area contributed by atoms with Crippen molar-refractivity contribution in [1.29, 1.82) is 0 Å². The molecular weight excluding hydrogens is 683 g/mol. The molecule has 0 radical (unpaired) electrons. The third-order valence-corrected chi connectivity index (χ3v) is 13.0. The Hall–Kier alpha value is -6.14. The number of anilines is 3. The van der Waals surface area contributed by atoms with Crippen molar-refractivity contribution in [1.82, 2.24) is 9.13 Å². The Kier molecular flexibility index (Phi) is 6.21. The van der Waals surface area contributed by atoms with Gasteiger partial charge in [0.05, 0.1) is 39.1 Å². The third-order valence-electron chi connectivity index (χ3n) is 10.9. The molecule has 10 aromatic rings. The van der Waals surface area contributed by atoms with Gasteiger partial charge in [0.15, 0.2) is 0 Å². The van der Waals surface area contributed by atoms with Crippen LogP contribution in [0.4, 0.5) is 17.1 Å². The molecule has 0 fully saturated rings. The second-order valence-electron chi connectivity index (χ2n) is 13.8. The number of hydrogen-bond donors (Lipinski definition) is 0. The summed E-state index contributed by atoms with van der Waals surface area (Å²) in [4.78, 5) is 7.59. The number of fused-ring (bicyclic) bond motifs is 10. The Morgan fingerprint density at radius 3 is 1.34 bits per heavy atom. The highest BCUT2D eigenvalue weighted by molar-refractivity contribution is 8.00. The molecule has 0 N–H and O–H groups in total. The minimum absolute atomic E-state index is 1.18. The van der Waals surface area contributed by atoms with E-state index in [0.717, 1.165) is 0 Å². The summed E-state index contributed by atoms with van der Waals surface area (Å²) in [5.41, 5.74) is 13.4. The van der Waals surface area contributed by atoms with Crippen molar-refractivity contribution >= 4 is 84.2 Å². The van der Waals surface area contributed by atoms with Crippen LogP contribution < -0.4 is 4.90 Å².